The van der Waals surface area contributed by atoms with Crippen molar-refractivity contribution in [1.29, 1.82) is 0 Å². The summed E-state index contributed by atoms with van der Waals surface area (Å²) in [5, 5.41) is 11.4. The molecule has 1 atom stereocenters. The van der Waals surface area contributed by atoms with Crippen LogP contribution in [0.4, 0.5) is 5.69 Å². The van der Waals surface area contributed by atoms with Crippen LogP contribution < -0.4 is 9.64 Å². The number of hydrogen-bond acceptors (Lipinski definition) is 6. The van der Waals surface area contributed by atoms with Gasteiger partial charge in [0.05, 0.1) is 11.6 Å². The molecule has 0 aliphatic carbocycles. The van der Waals surface area contributed by atoms with Gasteiger partial charge in [-0.05, 0) is 71.6 Å². The van der Waals surface area contributed by atoms with Crippen LogP contribution in [0.1, 0.15) is 33.9 Å². The van der Waals surface area contributed by atoms with Gasteiger partial charge >= 0.3 is 0 Å². The van der Waals surface area contributed by atoms with Gasteiger partial charge in [0.25, 0.3) is 11.7 Å². The predicted molar refractivity (Wildman–Crippen MR) is 155 cm³/mol. The van der Waals surface area contributed by atoms with E-state index in [9.17, 15) is 14.7 Å². The lowest BCUT2D eigenvalue weighted by Gasteiger charge is -2.26. The summed E-state index contributed by atoms with van der Waals surface area (Å²) in [6, 6.07) is 25.4. The third-order valence-corrected chi connectivity index (χ3v) is 7.12. The fourth-order valence-corrected chi connectivity index (χ4v) is 4.83. The number of ketones is 1. The molecule has 1 unspecified atom stereocenters. The highest BCUT2D eigenvalue weighted by molar-refractivity contribution is 6.46. The highest BCUT2D eigenvalue weighted by Gasteiger charge is 2.46. The molecule has 1 fully saturated rings. The fourth-order valence-electron chi connectivity index (χ4n) is 4.83. The molecular formula is C33H31N3O4. The zero-order valence-electron chi connectivity index (χ0n) is 22.7. The normalized spacial score (nSPS) is 16.3. The van der Waals surface area contributed by atoms with Crippen molar-refractivity contribution in [3.63, 3.8) is 0 Å². The van der Waals surface area contributed by atoms with E-state index in [1.807, 2.05) is 80.5 Å². The summed E-state index contributed by atoms with van der Waals surface area (Å²) >= 11 is 0. The van der Waals surface area contributed by atoms with Crippen LogP contribution in [0.25, 0.3) is 5.76 Å². The average Bonchev–Trinajstić information content (AvgIpc) is 3.22. The van der Waals surface area contributed by atoms with E-state index in [4.69, 9.17) is 4.74 Å². The number of aromatic nitrogens is 1. The Morgan fingerprint density at radius 2 is 1.68 bits per heavy atom. The Labute approximate surface area is 234 Å². The number of carbonyl (C=O) groups excluding carboxylic acids is 2. The largest absolute Gasteiger partial charge is 0.507 e. The van der Waals surface area contributed by atoms with Gasteiger partial charge in [0.15, 0.2) is 0 Å². The molecule has 1 saturated heterocycles. The molecule has 2 heterocycles. The summed E-state index contributed by atoms with van der Waals surface area (Å²) in [6.07, 6.45) is 3.32. The first-order chi connectivity index (χ1) is 19.3. The Balaban J connectivity index is 1.48. The molecule has 5 rings (SSSR count). The molecule has 7 nitrogen and oxygen atoms in total. The lowest BCUT2D eigenvalue weighted by atomic mass is 9.95. The van der Waals surface area contributed by atoms with E-state index in [2.05, 4.69) is 4.98 Å². The van der Waals surface area contributed by atoms with E-state index >= 15 is 0 Å². The van der Waals surface area contributed by atoms with Crippen LogP contribution in [0.2, 0.25) is 0 Å². The van der Waals surface area contributed by atoms with Gasteiger partial charge in [-0.15, -0.1) is 0 Å². The van der Waals surface area contributed by atoms with Gasteiger partial charge in [-0.2, -0.15) is 0 Å². The van der Waals surface area contributed by atoms with Crippen molar-refractivity contribution in [2.45, 2.75) is 26.1 Å². The second kappa shape index (κ2) is 11.5. The monoisotopic (exact) mass is 533 g/mol. The van der Waals surface area contributed by atoms with E-state index in [0.29, 0.717) is 17.9 Å². The minimum Gasteiger partial charge on any atom is -0.507 e. The van der Waals surface area contributed by atoms with Crippen LogP contribution in [-0.4, -0.2) is 40.8 Å². The second-order valence-electron chi connectivity index (χ2n) is 10.0. The molecule has 202 valence electrons. The standard InChI is InChI=1S/C33H31N3O4/c1-22-7-4-5-9-26(22)21-40-28-16-12-25(13-17-28)31(37)29-30(24-10-14-27(15-11-24)35(2)3)36(33(39)32(29)38)20-23-8-6-18-34-19-23/h4-19,30,37H,20-21H2,1-3H3/b31-29+. The highest BCUT2D eigenvalue weighted by Crippen LogP contribution is 2.40. The predicted octanol–water partition coefficient (Wildman–Crippen LogP) is 5.66. The molecule has 0 spiro atoms. The molecule has 40 heavy (non-hydrogen) atoms. The number of aliphatic hydroxyl groups is 1. The Morgan fingerprint density at radius 1 is 0.950 bits per heavy atom. The van der Waals surface area contributed by atoms with Crippen molar-refractivity contribution in [2.75, 3.05) is 19.0 Å². The smallest absolute Gasteiger partial charge is 0.295 e. The minimum atomic E-state index is -0.756. The van der Waals surface area contributed by atoms with Gasteiger partial charge in [-0.1, -0.05) is 42.5 Å². The summed E-state index contributed by atoms with van der Waals surface area (Å²) in [4.78, 5) is 34.3. The Bertz CT molecular complexity index is 1550. The number of aryl methyl sites for hydroxylation is 1. The first kappa shape index (κ1) is 26.7. The van der Waals surface area contributed by atoms with E-state index in [-0.39, 0.29) is 17.9 Å². The van der Waals surface area contributed by atoms with Crippen LogP contribution in [0.15, 0.2) is 103 Å². The number of likely N-dealkylation sites (tertiary alicyclic amines) is 1. The maximum Gasteiger partial charge on any atom is 0.295 e. The highest BCUT2D eigenvalue weighted by atomic mass is 16.5. The Kier molecular flexibility index (Phi) is 7.64. The third kappa shape index (κ3) is 5.45. The number of benzene rings is 3. The van der Waals surface area contributed by atoms with Crippen molar-refractivity contribution in [3.8, 4) is 5.75 Å². The maximum atomic E-state index is 13.4. The number of amides is 1. The van der Waals surface area contributed by atoms with Crippen molar-refractivity contribution >= 4 is 23.1 Å². The van der Waals surface area contributed by atoms with Crippen molar-refractivity contribution in [3.05, 3.63) is 131 Å². The molecule has 3 aromatic carbocycles. The van der Waals surface area contributed by atoms with Gasteiger partial charge in [-0.25, -0.2) is 0 Å². The summed E-state index contributed by atoms with van der Waals surface area (Å²) in [6.45, 7) is 2.63. The summed E-state index contributed by atoms with van der Waals surface area (Å²) in [5.41, 5.74) is 5.21. The number of pyridine rings is 1. The topological polar surface area (TPSA) is 83.0 Å². The lowest BCUT2D eigenvalue weighted by molar-refractivity contribution is -0.140. The quantitative estimate of drug-likeness (QED) is 0.179. The molecular weight excluding hydrogens is 502 g/mol. The van der Waals surface area contributed by atoms with E-state index < -0.39 is 17.7 Å². The maximum absolute atomic E-state index is 13.4. The molecule has 0 radical (unpaired) electrons. The molecule has 1 aliphatic rings. The number of ether oxygens (including phenoxy) is 1. The second-order valence-corrected chi connectivity index (χ2v) is 10.0. The number of carbonyl (C=O) groups is 2. The minimum absolute atomic E-state index is 0.0556. The van der Waals surface area contributed by atoms with Gasteiger partial charge < -0.3 is 19.6 Å². The number of Topliss-reactive ketones (excluding diaryl/α,β-unsaturated/α-hetero) is 1. The summed E-state index contributed by atoms with van der Waals surface area (Å²) < 4.78 is 5.94. The van der Waals surface area contributed by atoms with Gasteiger partial charge in [0, 0.05) is 44.3 Å². The van der Waals surface area contributed by atoms with Crippen LogP contribution >= 0.6 is 0 Å². The number of nitrogens with zero attached hydrogens (tertiary/aromatic N) is 3. The van der Waals surface area contributed by atoms with E-state index in [1.54, 1.807) is 42.7 Å². The van der Waals surface area contributed by atoms with Gasteiger partial charge in [0.1, 0.15) is 18.1 Å². The molecule has 1 N–H and O–H groups in total. The van der Waals surface area contributed by atoms with Crippen LogP contribution in [0, 0.1) is 6.92 Å². The third-order valence-electron chi connectivity index (χ3n) is 7.12. The van der Waals surface area contributed by atoms with Crippen molar-refractivity contribution in [2.24, 2.45) is 0 Å². The van der Waals surface area contributed by atoms with Crippen LogP contribution in [0.5, 0.6) is 5.75 Å². The zero-order valence-corrected chi connectivity index (χ0v) is 22.7. The molecule has 0 bridgehead atoms. The number of aliphatic hydroxyl groups excluding tert-OH is 1. The van der Waals surface area contributed by atoms with Crippen molar-refractivity contribution < 1.29 is 19.4 Å². The van der Waals surface area contributed by atoms with Crippen LogP contribution in [0.3, 0.4) is 0 Å². The number of rotatable bonds is 8. The fraction of sp³-hybridized carbons (Fsp3) is 0.182. The molecule has 7 heteroatoms. The van der Waals surface area contributed by atoms with E-state index in [0.717, 1.165) is 27.9 Å². The first-order valence-corrected chi connectivity index (χ1v) is 13.1. The number of hydrogen-bond donors (Lipinski definition) is 1. The summed E-state index contributed by atoms with van der Waals surface area (Å²) in [5.74, 6) is -0.972. The van der Waals surface area contributed by atoms with Crippen molar-refractivity contribution in [1.82, 2.24) is 9.88 Å². The molecule has 1 aliphatic heterocycles. The number of anilines is 1. The molecule has 4 aromatic rings. The first-order valence-electron chi connectivity index (χ1n) is 13.1. The molecule has 1 amide bonds. The van der Waals surface area contributed by atoms with Gasteiger partial charge in [-0.3, -0.25) is 14.6 Å². The molecule has 1 aromatic heterocycles. The Morgan fingerprint density at radius 3 is 2.33 bits per heavy atom. The lowest BCUT2D eigenvalue weighted by Crippen LogP contribution is -2.29. The van der Waals surface area contributed by atoms with Crippen LogP contribution in [-0.2, 0) is 22.7 Å². The Hall–Kier alpha value is -4.91. The zero-order chi connectivity index (χ0) is 28.2. The summed E-state index contributed by atoms with van der Waals surface area (Å²) in [7, 11) is 3.88. The SMILES string of the molecule is Cc1ccccc1COc1ccc(/C(O)=C2\C(=O)C(=O)N(Cc3cccnc3)C2c2ccc(N(C)C)cc2)cc1. The van der Waals surface area contributed by atoms with Gasteiger partial charge in [0.2, 0.25) is 0 Å². The average molecular weight is 534 g/mol. The molecule has 0 saturated carbocycles. The van der Waals surface area contributed by atoms with E-state index in [1.165, 1.54) is 4.90 Å².